The van der Waals surface area contributed by atoms with Crippen LogP contribution < -0.4 is 5.32 Å². The molecular weight excluding hydrogens is 338 g/mol. The number of hydrogen-bond donors (Lipinski definition) is 2. The summed E-state index contributed by atoms with van der Waals surface area (Å²) in [7, 11) is 0. The summed E-state index contributed by atoms with van der Waals surface area (Å²) >= 11 is 3.02. The second-order valence-electron chi connectivity index (χ2n) is 5.11. The molecular formula is C18H13N3OS2. The zero-order chi connectivity index (χ0) is 16.4. The van der Waals surface area contributed by atoms with E-state index in [1.54, 1.807) is 17.4 Å². The average molecular weight is 351 g/mol. The van der Waals surface area contributed by atoms with Crippen LogP contribution in [0.1, 0.15) is 20.4 Å². The Balaban J connectivity index is 1.74. The highest BCUT2D eigenvalue weighted by molar-refractivity contribution is 7.12. The molecule has 2 N–H and O–H groups in total. The lowest BCUT2D eigenvalue weighted by Gasteiger charge is -2.06. The average Bonchev–Trinajstić information content (AvgIpc) is 3.34. The molecule has 0 bridgehead atoms. The summed E-state index contributed by atoms with van der Waals surface area (Å²) in [5.41, 5.74) is 2.47. The number of thiophene rings is 2. The van der Waals surface area contributed by atoms with E-state index in [0.717, 1.165) is 15.9 Å². The van der Waals surface area contributed by atoms with Gasteiger partial charge in [-0.15, -0.1) is 22.7 Å². The lowest BCUT2D eigenvalue weighted by molar-refractivity contribution is 0.0977. The molecule has 4 rings (SSSR count). The molecule has 0 saturated heterocycles. The number of rotatable bonds is 4. The van der Waals surface area contributed by atoms with E-state index >= 15 is 0 Å². The summed E-state index contributed by atoms with van der Waals surface area (Å²) < 4.78 is 0. The monoisotopic (exact) mass is 351 g/mol. The summed E-state index contributed by atoms with van der Waals surface area (Å²) in [6, 6.07) is 15.5. The van der Waals surface area contributed by atoms with Gasteiger partial charge in [0.15, 0.2) is 5.82 Å². The Bertz CT molecular complexity index is 965. The molecule has 1 amide bonds. The molecule has 24 heavy (non-hydrogen) atoms. The van der Waals surface area contributed by atoms with Gasteiger partial charge in [-0.3, -0.25) is 4.79 Å². The van der Waals surface area contributed by atoms with Crippen LogP contribution in [0.5, 0.6) is 0 Å². The Morgan fingerprint density at radius 2 is 1.88 bits per heavy atom. The van der Waals surface area contributed by atoms with Crippen molar-refractivity contribution in [2.45, 2.75) is 0 Å². The Hall–Kier alpha value is -2.70. The number of carbonyl (C=O) groups excluding carboxylic acids is 1. The number of fused-ring (bicyclic) bond motifs is 1. The van der Waals surface area contributed by atoms with Crippen LogP contribution in [-0.2, 0) is 0 Å². The molecule has 0 atom stereocenters. The number of para-hydroxylation sites is 2. The number of H-pyrrole nitrogens is 1. The molecule has 4 aromatic rings. The number of benzene rings is 1. The number of carbonyl (C=O) groups is 1. The van der Waals surface area contributed by atoms with Gasteiger partial charge < -0.3 is 10.3 Å². The number of imidazole rings is 1. The van der Waals surface area contributed by atoms with Crippen LogP contribution >= 0.6 is 22.7 Å². The minimum absolute atomic E-state index is 0.131. The summed E-state index contributed by atoms with van der Waals surface area (Å²) in [6.07, 6.45) is 1.94. The van der Waals surface area contributed by atoms with E-state index in [4.69, 9.17) is 0 Å². The van der Waals surface area contributed by atoms with Crippen LogP contribution in [0, 0.1) is 0 Å². The van der Waals surface area contributed by atoms with Crippen molar-refractivity contribution in [3.05, 3.63) is 74.9 Å². The number of aromatic nitrogens is 2. The first-order chi connectivity index (χ1) is 11.8. The third-order valence-electron chi connectivity index (χ3n) is 3.47. The van der Waals surface area contributed by atoms with Crippen molar-refractivity contribution in [3.8, 4) is 0 Å². The zero-order valence-electron chi connectivity index (χ0n) is 12.5. The second kappa shape index (κ2) is 6.43. The number of nitrogens with one attached hydrogen (secondary N) is 2. The van der Waals surface area contributed by atoms with Gasteiger partial charge in [-0.2, -0.15) is 0 Å². The van der Waals surface area contributed by atoms with Crippen LogP contribution in [0.4, 0.5) is 0 Å². The largest absolute Gasteiger partial charge is 0.337 e. The van der Waals surface area contributed by atoms with E-state index in [1.165, 1.54) is 11.3 Å². The molecule has 1 aromatic carbocycles. The number of amides is 1. The van der Waals surface area contributed by atoms with Crippen LogP contribution in [-0.4, -0.2) is 15.9 Å². The van der Waals surface area contributed by atoms with Crippen molar-refractivity contribution in [3.63, 3.8) is 0 Å². The lowest BCUT2D eigenvalue weighted by atomic mass is 10.3. The smallest absolute Gasteiger partial charge is 0.265 e. The number of nitrogens with zero attached hydrogens (tertiary/aromatic N) is 1. The Morgan fingerprint density at radius 3 is 2.62 bits per heavy atom. The van der Waals surface area contributed by atoms with Gasteiger partial charge in [-0.1, -0.05) is 24.3 Å². The maximum atomic E-state index is 12.5. The summed E-state index contributed by atoms with van der Waals surface area (Å²) in [6.45, 7) is 0. The molecule has 0 aliphatic heterocycles. The standard InChI is InChI=1S/C18H13N3OS2/c22-18(16-8-4-10-24-16)21-15(11-12-5-3-9-23-12)17-19-13-6-1-2-7-14(13)20-17/h1-11H,(H,19,20)(H,21,22)/b15-11-. The maximum absolute atomic E-state index is 12.5. The van der Waals surface area contributed by atoms with E-state index in [1.807, 2.05) is 59.3 Å². The highest BCUT2D eigenvalue weighted by Gasteiger charge is 2.14. The molecule has 118 valence electrons. The molecule has 0 radical (unpaired) electrons. The Labute approximate surface area is 146 Å². The van der Waals surface area contributed by atoms with Gasteiger partial charge >= 0.3 is 0 Å². The van der Waals surface area contributed by atoms with Crippen LogP contribution in [0.3, 0.4) is 0 Å². The molecule has 6 heteroatoms. The zero-order valence-corrected chi connectivity index (χ0v) is 14.2. The molecule has 0 saturated carbocycles. The van der Waals surface area contributed by atoms with Gasteiger partial charge in [0.2, 0.25) is 0 Å². The Kier molecular flexibility index (Phi) is 3.98. The molecule has 0 aliphatic rings. The van der Waals surface area contributed by atoms with Crippen molar-refractivity contribution >= 4 is 51.4 Å². The van der Waals surface area contributed by atoms with Gasteiger partial charge in [0, 0.05) is 4.88 Å². The highest BCUT2D eigenvalue weighted by atomic mass is 32.1. The van der Waals surface area contributed by atoms with Gasteiger partial charge in [-0.25, -0.2) is 4.98 Å². The molecule has 0 spiro atoms. The van der Waals surface area contributed by atoms with Crippen molar-refractivity contribution in [1.82, 2.24) is 15.3 Å². The first-order valence-electron chi connectivity index (χ1n) is 7.35. The Morgan fingerprint density at radius 1 is 1.04 bits per heavy atom. The fourth-order valence-corrected chi connectivity index (χ4v) is 3.63. The lowest BCUT2D eigenvalue weighted by Crippen LogP contribution is -2.21. The first-order valence-corrected chi connectivity index (χ1v) is 9.11. The number of aromatic amines is 1. The molecule has 0 fully saturated rings. The van der Waals surface area contributed by atoms with Crippen LogP contribution in [0.25, 0.3) is 22.8 Å². The third-order valence-corrected chi connectivity index (χ3v) is 5.16. The predicted molar refractivity (Wildman–Crippen MR) is 100 cm³/mol. The van der Waals surface area contributed by atoms with Crippen molar-refractivity contribution in [1.29, 1.82) is 0 Å². The van der Waals surface area contributed by atoms with Crippen LogP contribution in [0.2, 0.25) is 0 Å². The van der Waals surface area contributed by atoms with Crippen molar-refractivity contribution in [2.24, 2.45) is 0 Å². The van der Waals surface area contributed by atoms with Gasteiger partial charge in [-0.05, 0) is 41.1 Å². The molecule has 3 aromatic heterocycles. The van der Waals surface area contributed by atoms with E-state index < -0.39 is 0 Å². The maximum Gasteiger partial charge on any atom is 0.265 e. The minimum Gasteiger partial charge on any atom is -0.337 e. The second-order valence-corrected chi connectivity index (χ2v) is 7.03. The fraction of sp³-hybridized carbons (Fsp3) is 0. The SMILES string of the molecule is O=C(N/C(=C\c1cccs1)c1nc2ccccc2[nH]1)c1cccs1. The molecule has 0 aliphatic carbocycles. The third kappa shape index (κ3) is 3.02. The van der Waals surface area contributed by atoms with Crippen molar-refractivity contribution in [2.75, 3.05) is 0 Å². The minimum atomic E-state index is -0.131. The van der Waals surface area contributed by atoms with Gasteiger partial charge in [0.1, 0.15) is 0 Å². The predicted octanol–water partition coefficient (Wildman–Crippen LogP) is 4.61. The molecule has 3 heterocycles. The summed E-state index contributed by atoms with van der Waals surface area (Å²) in [5.74, 6) is 0.516. The highest BCUT2D eigenvalue weighted by Crippen LogP contribution is 2.21. The normalized spacial score (nSPS) is 11.8. The number of hydrogen-bond acceptors (Lipinski definition) is 4. The fourth-order valence-electron chi connectivity index (χ4n) is 2.35. The van der Waals surface area contributed by atoms with Crippen LogP contribution in [0.15, 0.2) is 59.3 Å². The van der Waals surface area contributed by atoms with E-state index in [-0.39, 0.29) is 5.91 Å². The van der Waals surface area contributed by atoms with Gasteiger partial charge in [0.05, 0.1) is 21.6 Å². The van der Waals surface area contributed by atoms with E-state index in [2.05, 4.69) is 15.3 Å². The van der Waals surface area contributed by atoms with E-state index in [0.29, 0.717) is 16.4 Å². The van der Waals surface area contributed by atoms with Crippen molar-refractivity contribution < 1.29 is 4.79 Å². The van der Waals surface area contributed by atoms with E-state index in [9.17, 15) is 4.79 Å². The quantitative estimate of drug-likeness (QED) is 0.564. The van der Waals surface area contributed by atoms with Gasteiger partial charge in [0.25, 0.3) is 5.91 Å². The topological polar surface area (TPSA) is 57.8 Å². The molecule has 4 nitrogen and oxygen atoms in total. The summed E-state index contributed by atoms with van der Waals surface area (Å²) in [4.78, 5) is 22.0. The first kappa shape index (κ1) is 14.9. The molecule has 0 unspecified atom stereocenters. The summed E-state index contributed by atoms with van der Waals surface area (Å²) in [5, 5.41) is 6.87.